The van der Waals surface area contributed by atoms with E-state index in [-0.39, 0.29) is 19.4 Å². The molecular weight excluding hydrogens is 677 g/mol. The molecule has 0 amide bonds. The number of phosphoric acid groups is 1. The number of aliphatic carboxylic acids is 1. The van der Waals surface area contributed by atoms with Crippen LogP contribution in [-0.4, -0.2) is 72.1 Å². The zero-order valence-electron chi connectivity index (χ0n) is 31.4. The van der Waals surface area contributed by atoms with Gasteiger partial charge in [-0.25, -0.2) is 4.57 Å². The summed E-state index contributed by atoms with van der Waals surface area (Å²) in [5.74, 6) is -2.42. The number of phosphoric ester groups is 1. The van der Waals surface area contributed by atoms with Crippen LogP contribution in [0.25, 0.3) is 0 Å². The molecule has 4 N–H and O–H groups in total. The molecule has 5 atom stereocenters. The first-order valence-corrected chi connectivity index (χ1v) is 21.0. The summed E-state index contributed by atoms with van der Waals surface area (Å²) in [7, 11) is -4.72. The van der Waals surface area contributed by atoms with Crippen LogP contribution in [0.3, 0.4) is 0 Å². The van der Waals surface area contributed by atoms with Crippen molar-refractivity contribution in [3.05, 3.63) is 24.3 Å². The van der Waals surface area contributed by atoms with Crippen LogP contribution in [0.2, 0.25) is 0 Å². The average Bonchev–Trinajstić information content (AvgIpc) is 3.86. The van der Waals surface area contributed by atoms with Gasteiger partial charge in [-0.15, -0.1) is 0 Å². The maximum atomic E-state index is 12.6. The number of epoxide rings is 1. The molecule has 0 aromatic rings. The lowest BCUT2D eigenvalue weighted by Gasteiger charge is -2.20. The van der Waals surface area contributed by atoms with Crippen molar-refractivity contribution in [2.45, 2.75) is 179 Å². The first kappa shape index (κ1) is 46.9. The van der Waals surface area contributed by atoms with Crippen molar-refractivity contribution in [2.24, 2.45) is 5.73 Å². The Labute approximate surface area is 306 Å². The summed E-state index contributed by atoms with van der Waals surface area (Å²) in [5, 5.41) is 8.86. The normalized spacial score (nSPS) is 18.1. The van der Waals surface area contributed by atoms with Gasteiger partial charge in [0, 0.05) is 12.8 Å². The summed E-state index contributed by atoms with van der Waals surface area (Å²) in [6.45, 7) is 2.68. The number of carboxylic acids is 1. The monoisotopic (exact) mass is 745 g/mol. The minimum atomic E-state index is -4.72. The van der Waals surface area contributed by atoms with E-state index in [1.54, 1.807) is 0 Å². The third kappa shape index (κ3) is 28.1. The zero-order valence-corrected chi connectivity index (χ0v) is 32.3. The van der Waals surface area contributed by atoms with Crippen molar-refractivity contribution >= 4 is 25.7 Å². The molecule has 296 valence electrons. The van der Waals surface area contributed by atoms with Crippen molar-refractivity contribution in [3.63, 3.8) is 0 Å². The smallest absolute Gasteiger partial charge is 0.472 e. The Morgan fingerprint density at radius 1 is 0.706 bits per heavy atom. The predicted octanol–water partition coefficient (Wildman–Crippen LogP) is 8.49. The highest BCUT2D eigenvalue weighted by Gasteiger charge is 2.36. The Bertz CT molecular complexity index is 1040. The van der Waals surface area contributed by atoms with Gasteiger partial charge in [0.15, 0.2) is 6.10 Å². The minimum Gasteiger partial charge on any atom is -0.480 e. The van der Waals surface area contributed by atoms with Gasteiger partial charge in [0.1, 0.15) is 12.6 Å². The van der Waals surface area contributed by atoms with Gasteiger partial charge in [0.25, 0.3) is 0 Å². The molecule has 1 aliphatic rings. The van der Waals surface area contributed by atoms with Gasteiger partial charge in [-0.1, -0.05) is 109 Å². The van der Waals surface area contributed by atoms with E-state index < -0.39 is 51.1 Å². The third-order valence-corrected chi connectivity index (χ3v) is 9.55. The number of allylic oxidation sites excluding steroid dienone is 3. The lowest BCUT2D eigenvalue weighted by molar-refractivity contribution is -0.161. The van der Waals surface area contributed by atoms with Crippen LogP contribution in [0.4, 0.5) is 0 Å². The van der Waals surface area contributed by atoms with Crippen LogP contribution >= 0.6 is 7.82 Å². The number of carbonyl (C=O) groups excluding carboxylic acids is 2. The van der Waals surface area contributed by atoms with E-state index in [9.17, 15) is 23.8 Å². The van der Waals surface area contributed by atoms with Crippen LogP contribution in [0.15, 0.2) is 24.3 Å². The van der Waals surface area contributed by atoms with Crippen molar-refractivity contribution < 1.29 is 52.2 Å². The van der Waals surface area contributed by atoms with Crippen molar-refractivity contribution in [1.82, 2.24) is 0 Å². The number of carbonyl (C=O) groups is 3. The van der Waals surface area contributed by atoms with E-state index in [4.69, 9.17) is 29.6 Å². The summed E-state index contributed by atoms with van der Waals surface area (Å²) >= 11 is 0. The number of hydrogen-bond donors (Lipinski definition) is 3. The van der Waals surface area contributed by atoms with Crippen molar-refractivity contribution in [2.75, 3.05) is 19.8 Å². The Kier molecular flexibility index (Phi) is 28.0. The fourth-order valence-corrected chi connectivity index (χ4v) is 6.12. The first-order chi connectivity index (χ1) is 24.6. The fraction of sp³-hybridized carbons (Fsp3) is 0.816. The van der Waals surface area contributed by atoms with Gasteiger partial charge >= 0.3 is 25.7 Å². The second kappa shape index (κ2) is 30.4. The largest absolute Gasteiger partial charge is 0.480 e. The number of esters is 2. The van der Waals surface area contributed by atoms with Gasteiger partial charge in [-0.3, -0.25) is 23.4 Å². The molecule has 12 nitrogen and oxygen atoms in total. The predicted molar refractivity (Wildman–Crippen MR) is 198 cm³/mol. The molecule has 1 aliphatic heterocycles. The lowest BCUT2D eigenvalue weighted by Crippen LogP contribution is -2.34. The molecule has 0 spiro atoms. The number of nitrogens with two attached hydrogens (primary N) is 1. The van der Waals surface area contributed by atoms with Crippen LogP contribution < -0.4 is 5.73 Å². The highest BCUT2D eigenvalue weighted by Crippen LogP contribution is 2.43. The average molecular weight is 746 g/mol. The van der Waals surface area contributed by atoms with Crippen LogP contribution in [0.5, 0.6) is 0 Å². The molecule has 0 aromatic carbocycles. The summed E-state index contributed by atoms with van der Waals surface area (Å²) in [6, 6.07) is -1.53. The maximum absolute atomic E-state index is 12.6. The number of ether oxygens (including phenoxy) is 3. The maximum Gasteiger partial charge on any atom is 0.472 e. The van der Waals surface area contributed by atoms with E-state index in [0.717, 1.165) is 83.5 Å². The van der Waals surface area contributed by atoms with Gasteiger partial charge < -0.3 is 29.9 Å². The minimum absolute atomic E-state index is 0.137. The molecular formula is C38H68NO11P. The Balaban J connectivity index is 2.34. The fourth-order valence-electron chi connectivity index (χ4n) is 5.34. The zero-order chi connectivity index (χ0) is 37.6. The van der Waals surface area contributed by atoms with Crippen molar-refractivity contribution in [3.8, 4) is 0 Å². The van der Waals surface area contributed by atoms with Crippen LogP contribution in [0.1, 0.15) is 155 Å². The Morgan fingerprint density at radius 3 is 1.92 bits per heavy atom. The molecule has 1 heterocycles. The molecule has 13 heteroatoms. The number of rotatable bonds is 35. The van der Waals surface area contributed by atoms with E-state index >= 15 is 0 Å². The number of carboxylic acid groups (broad SMARTS) is 1. The standard InChI is InChI=1S/C38H68NO11P/c1-3-5-7-9-11-12-13-14-15-19-23-27-36(40)46-29-32(30-47-51(44,45)48-31-33(39)38(42)43)49-37(41)28-24-20-16-18-22-26-35-34(50-35)25-21-17-10-8-6-4-2/h9,11,17,21,32-35H,3-8,10,12-16,18-20,22-31,39H2,1-2H3,(H,42,43)(H,44,45)/b11-9-,21-17-/t32-,33+,34?,35?/m1/s1. The second-order valence-corrected chi connectivity index (χ2v) is 14.9. The molecule has 51 heavy (non-hydrogen) atoms. The molecule has 1 fully saturated rings. The SMILES string of the molecule is CCCC/C=C\CCCCCCCC(=O)OC[C@H](COP(=O)(O)OC[C@H](N)C(=O)O)OC(=O)CCCCCCCC1OC1C/C=C\CCCCC. The third-order valence-electron chi connectivity index (χ3n) is 8.60. The summed E-state index contributed by atoms with van der Waals surface area (Å²) in [5.41, 5.74) is 5.32. The molecule has 0 saturated carbocycles. The van der Waals surface area contributed by atoms with E-state index in [1.165, 1.54) is 32.1 Å². The topological polar surface area (TPSA) is 184 Å². The molecule has 0 aromatic heterocycles. The van der Waals surface area contributed by atoms with Crippen LogP contribution in [0, 0.1) is 0 Å². The number of hydrogen-bond acceptors (Lipinski definition) is 10. The molecule has 0 bridgehead atoms. The van der Waals surface area contributed by atoms with E-state index in [0.29, 0.717) is 25.0 Å². The molecule has 1 saturated heterocycles. The molecule has 0 aliphatic carbocycles. The molecule has 1 rings (SSSR count). The molecule has 3 unspecified atom stereocenters. The molecule has 0 radical (unpaired) electrons. The van der Waals surface area contributed by atoms with E-state index in [2.05, 4.69) is 42.7 Å². The quantitative estimate of drug-likeness (QED) is 0.0185. The van der Waals surface area contributed by atoms with Gasteiger partial charge in [0.05, 0.1) is 25.4 Å². The highest BCUT2D eigenvalue weighted by atomic mass is 31.2. The number of unbranched alkanes of at least 4 members (excludes halogenated alkanes) is 14. The summed E-state index contributed by atoms with van der Waals surface area (Å²) < 4.78 is 38.3. The summed E-state index contributed by atoms with van der Waals surface area (Å²) in [6.07, 6.45) is 29.8. The highest BCUT2D eigenvalue weighted by molar-refractivity contribution is 7.47. The van der Waals surface area contributed by atoms with Gasteiger partial charge in [-0.2, -0.15) is 0 Å². The van der Waals surface area contributed by atoms with Crippen LogP contribution in [-0.2, 0) is 42.2 Å². The lowest BCUT2D eigenvalue weighted by atomic mass is 10.1. The van der Waals surface area contributed by atoms with E-state index in [1.807, 2.05) is 0 Å². The van der Waals surface area contributed by atoms with Gasteiger partial charge in [0.2, 0.25) is 0 Å². The summed E-state index contributed by atoms with van der Waals surface area (Å²) in [4.78, 5) is 45.8. The van der Waals surface area contributed by atoms with Gasteiger partial charge in [-0.05, 0) is 57.8 Å². The Hall–Kier alpha value is -2.08. The Morgan fingerprint density at radius 2 is 1.25 bits per heavy atom. The first-order valence-electron chi connectivity index (χ1n) is 19.5. The van der Waals surface area contributed by atoms with Crippen molar-refractivity contribution in [1.29, 1.82) is 0 Å². The second-order valence-electron chi connectivity index (χ2n) is 13.4.